The molecule has 0 bridgehead atoms. The molecule has 1 aromatic heterocycles. The standard InChI is InChI=1S/C13H13BrN2O2S2/c1-2-11-5-6-12(19-11)9-15-16-20(17,18)13-7-3-10(14)4-8-13/h3-9,16H,2H2,1H3/b15-9+. The summed E-state index contributed by atoms with van der Waals surface area (Å²) in [7, 11) is -3.61. The number of hydrogen-bond acceptors (Lipinski definition) is 4. The molecule has 0 saturated heterocycles. The summed E-state index contributed by atoms with van der Waals surface area (Å²) in [5, 5.41) is 3.80. The van der Waals surface area contributed by atoms with E-state index in [1.165, 1.54) is 23.2 Å². The molecule has 0 aliphatic carbocycles. The Labute approximate surface area is 130 Å². The zero-order valence-corrected chi connectivity index (χ0v) is 13.9. The van der Waals surface area contributed by atoms with E-state index in [0.29, 0.717) is 0 Å². The number of aryl methyl sites for hydroxylation is 1. The number of thiophene rings is 1. The van der Waals surface area contributed by atoms with Crippen LogP contribution in [-0.2, 0) is 16.4 Å². The molecular formula is C13H13BrN2O2S2. The second kappa shape index (κ2) is 6.51. The Kier molecular flexibility index (Phi) is 4.95. The van der Waals surface area contributed by atoms with E-state index in [2.05, 4.69) is 32.8 Å². The summed E-state index contributed by atoms with van der Waals surface area (Å²) in [5.74, 6) is 0. The van der Waals surface area contributed by atoms with Crippen LogP contribution in [0, 0.1) is 0 Å². The van der Waals surface area contributed by atoms with Crippen molar-refractivity contribution < 1.29 is 8.42 Å². The average Bonchev–Trinajstić information content (AvgIpc) is 2.87. The van der Waals surface area contributed by atoms with Gasteiger partial charge in [0, 0.05) is 14.2 Å². The molecule has 2 rings (SSSR count). The van der Waals surface area contributed by atoms with Gasteiger partial charge in [-0.1, -0.05) is 22.9 Å². The summed E-state index contributed by atoms with van der Waals surface area (Å²) in [4.78, 5) is 4.54. The number of rotatable bonds is 5. The van der Waals surface area contributed by atoms with E-state index < -0.39 is 10.0 Å². The molecule has 7 heteroatoms. The van der Waals surface area contributed by atoms with Gasteiger partial charge in [0.1, 0.15) is 0 Å². The molecule has 2 aromatic rings. The average molecular weight is 373 g/mol. The van der Waals surface area contributed by atoms with Crippen molar-refractivity contribution >= 4 is 43.5 Å². The van der Waals surface area contributed by atoms with Crippen molar-refractivity contribution in [2.24, 2.45) is 5.10 Å². The van der Waals surface area contributed by atoms with E-state index >= 15 is 0 Å². The van der Waals surface area contributed by atoms with Crippen LogP contribution in [0.2, 0.25) is 0 Å². The maximum Gasteiger partial charge on any atom is 0.276 e. The van der Waals surface area contributed by atoms with E-state index in [-0.39, 0.29) is 4.90 Å². The molecule has 0 aliphatic heterocycles. The molecule has 20 heavy (non-hydrogen) atoms. The van der Waals surface area contributed by atoms with Gasteiger partial charge in [-0.15, -0.1) is 11.3 Å². The minimum atomic E-state index is -3.61. The lowest BCUT2D eigenvalue weighted by Crippen LogP contribution is -2.18. The normalized spacial score (nSPS) is 11.9. The third-order valence-corrected chi connectivity index (χ3v) is 5.45. The van der Waals surface area contributed by atoms with Crippen LogP contribution in [0.5, 0.6) is 0 Å². The highest BCUT2D eigenvalue weighted by Crippen LogP contribution is 2.16. The molecule has 0 saturated carbocycles. The molecule has 0 aliphatic rings. The molecule has 1 N–H and O–H groups in total. The number of sulfonamides is 1. The monoisotopic (exact) mass is 372 g/mol. The van der Waals surface area contributed by atoms with Gasteiger partial charge >= 0.3 is 0 Å². The van der Waals surface area contributed by atoms with Gasteiger partial charge in [-0.05, 0) is 42.8 Å². The zero-order chi connectivity index (χ0) is 14.6. The molecule has 1 heterocycles. The van der Waals surface area contributed by atoms with Crippen molar-refractivity contribution in [2.45, 2.75) is 18.2 Å². The first-order chi connectivity index (χ1) is 9.51. The second-order valence-corrected chi connectivity index (χ2v) is 7.74. The minimum absolute atomic E-state index is 0.179. The SMILES string of the molecule is CCc1ccc(/C=N/NS(=O)(=O)c2ccc(Br)cc2)s1. The predicted octanol–water partition coefficient (Wildman–Crippen LogP) is 3.39. The van der Waals surface area contributed by atoms with Crippen LogP contribution in [-0.4, -0.2) is 14.6 Å². The van der Waals surface area contributed by atoms with E-state index in [4.69, 9.17) is 0 Å². The number of halogens is 1. The maximum absolute atomic E-state index is 12.0. The molecule has 106 valence electrons. The Hall–Kier alpha value is -1.18. The third kappa shape index (κ3) is 3.91. The fourth-order valence-corrected chi connectivity index (χ4v) is 3.36. The first kappa shape index (κ1) is 15.2. The van der Waals surface area contributed by atoms with Gasteiger partial charge in [-0.25, -0.2) is 4.83 Å². The molecule has 0 spiro atoms. The van der Waals surface area contributed by atoms with Crippen molar-refractivity contribution in [2.75, 3.05) is 0 Å². The number of hydrogen-bond donors (Lipinski definition) is 1. The molecule has 0 radical (unpaired) electrons. The van der Waals surface area contributed by atoms with Crippen LogP contribution in [0.1, 0.15) is 16.7 Å². The first-order valence-electron chi connectivity index (χ1n) is 5.90. The highest BCUT2D eigenvalue weighted by atomic mass is 79.9. The van der Waals surface area contributed by atoms with Crippen LogP contribution in [0.4, 0.5) is 0 Å². The number of nitrogens with one attached hydrogen (secondary N) is 1. The van der Waals surface area contributed by atoms with Crippen LogP contribution >= 0.6 is 27.3 Å². The summed E-state index contributed by atoms with van der Waals surface area (Å²) >= 11 is 4.85. The van der Waals surface area contributed by atoms with Crippen LogP contribution in [0.3, 0.4) is 0 Å². The molecule has 0 amide bonds. The largest absolute Gasteiger partial charge is 0.276 e. The lowest BCUT2D eigenvalue weighted by molar-refractivity contribution is 0.584. The number of benzene rings is 1. The molecule has 0 atom stereocenters. The number of nitrogens with zero attached hydrogens (tertiary/aromatic N) is 1. The molecule has 4 nitrogen and oxygen atoms in total. The highest BCUT2D eigenvalue weighted by molar-refractivity contribution is 9.10. The Bertz CT molecular complexity index is 706. The van der Waals surface area contributed by atoms with Crippen LogP contribution in [0.25, 0.3) is 0 Å². The Morgan fingerprint density at radius 3 is 2.55 bits per heavy atom. The van der Waals surface area contributed by atoms with Crippen molar-refractivity contribution in [1.29, 1.82) is 0 Å². The molecule has 1 aromatic carbocycles. The summed E-state index contributed by atoms with van der Waals surface area (Å²) in [6.45, 7) is 2.07. The Morgan fingerprint density at radius 1 is 1.25 bits per heavy atom. The van der Waals surface area contributed by atoms with Gasteiger partial charge in [-0.2, -0.15) is 13.5 Å². The van der Waals surface area contributed by atoms with E-state index in [9.17, 15) is 8.42 Å². The maximum atomic E-state index is 12.0. The first-order valence-corrected chi connectivity index (χ1v) is 8.99. The Balaban J connectivity index is 2.07. The van der Waals surface area contributed by atoms with Gasteiger partial charge in [-0.3, -0.25) is 0 Å². The Morgan fingerprint density at radius 2 is 1.95 bits per heavy atom. The fraction of sp³-hybridized carbons (Fsp3) is 0.154. The summed E-state index contributed by atoms with van der Waals surface area (Å²) < 4.78 is 24.7. The highest BCUT2D eigenvalue weighted by Gasteiger charge is 2.11. The smallest absolute Gasteiger partial charge is 0.200 e. The van der Waals surface area contributed by atoms with Crippen molar-refractivity contribution in [3.05, 3.63) is 50.6 Å². The summed E-state index contributed by atoms with van der Waals surface area (Å²) in [5.41, 5.74) is 0. The third-order valence-electron chi connectivity index (χ3n) is 2.52. The lowest BCUT2D eigenvalue weighted by Gasteiger charge is -2.02. The van der Waals surface area contributed by atoms with Crippen molar-refractivity contribution in [1.82, 2.24) is 4.83 Å². The van der Waals surface area contributed by atoms with Crippen molar-refractivity contribution in [3.63, 3.8) is 0 Å². The topological polar surface area (TPSA) is 58.5 Å². The lowest BCUT2D eigenvalue weighted by atomic mass is 10.4. The van der Waals surface area contributed by atoms with Gasteiger partial charge in [0.25, 0.3) is 10.0 Å². The van der Waals surface area contributed by atoms with Crippen LogP contribution in [0.15, 0.2) is 50.9 Å². The molecule has 0 fully saturated rings. The predicted molar refractivity (Wildman–Crippen MR) is 85.8 cm³/mol. The quantitative estimate of drug-likeness (QED) is 0.645. The molecular weight excluding hydrogens is 360 g/mol. The fourth-order valence-electron chi connectivity index (χ4n) is 1.48. The van der Waals surface area contributed by atoms with Crippen LogP contribution < -0.4 is 4.83 Å². The minimum Gasteiger partial charge on any atom is -0.200 e. The van der Waals surface area contributed by atoms with Crippen molar-refractivity contribution in [3.8, 4) is 0 Å². The van der Waals surface area contributed by atoms with E-state index in [1.807, 2.05) is 12.1 Å². The summed E-state index contributed by atoms with van der Waals surface area (Å²) in [6, 6.07) is 10.3. The van der Waals surface area contributed by atoms with Gasteiger partial charge in [0.05, 0.1) is 11.1 Å². The molecule has 0 unspecified atom stereocenters. The van der Waals surface area contributed by atoms with Gasteiger partial charge < -0.3 is 0 Å². The van der Waals surface area contributed by atoms with E-state index in [1.54, 1.807) is 23.5 Å². The van der Waals surface area contributed by atoms with Gasteiger partial charge in [0.15, 0.2) is 0 Å². The second-order valence-electron chi connectivity index (χ2n) is 3.96. The van der Waals surface area contributed by atoms with Gasteiger partial charge in [0.2, 0.25) is 0 Å². The van der Waals surface area contributed by atoms with E-state index in [0.717, 1.165) is 15.8 Å². The number of hydrazone groups is 1. The summed E-state index contributed by atoms with van der Waals surface area (Å²) in [6.07, 6.45) is 2.48. The zero-order valence-electron chi connectivity index (χ0n) is 10.7.